The van der Waals surface area contributed by atoms with Crippen LogP contribution in [0.15, 0.2) is 12.5 Å². The van der Waals surface area contributed by atoms with Gasteiger partial charge in [-0.3, -0.25) is 0 Å². The fourth-order valence-corrected chi connectivity index (χ4v) is 1.94. The monoisotopic (exact) mass is 237 g/mol. The molecule has 0 saturated heterocycles. The lowest BCUT2D eigenvalue weighted by atomic mass is 9.70. The summed E-state index contributed by atoms with van der Waals surface area (Å²) in [6.07, 6.45) is 6.85. The van der Waals surface area contributed by atoms with E-state index in [1.807, 2.05) is 7.05 Å². The van der Waals surface area contributed by atoms with Gasteiger partial charge in [0.15, 0.2) is 0 Å². The number of rotatable bonds is 4. The summed E-state index contributed by atoms with van der Waals surface area (Å²) in [6.45, 7) is 5.32. The van der Waals surface area contributed by atoms with E-state index >= 15 is 0 Å². The molecule has 1 fully saturated rings. The van der Waals surface area contributed by atoms with Gasteiger partial charge in [0.25, 0.3) is 0 Å². The van der Waals surface area contributed by atoms with Crippen LogP contribution in [0, 0.1) is 17.8 Å². The van der Waals surface area contributed by atoms with E-state index in [9.17, 15) is 4.79 Å². The van der Waals surface area contributed by atoms with Crippen LogP contribution in [0.5, 0.6) is 0 Å². The lowest BCUT2D eigenvalue weighted by Crippen LogP contribution is -2.28. The van der Waals surface area contributed by atoms with Gasteiger partial charge in [0, 0.05) is 24.4 Å². The Morgan fingerprint density at radius 2 is 2.29 bits per heavy atom. The van der Waals surface area contributed by atoms with Gasteiger partial charge >= 0.3 is 0 Å². The number of hydrogen-bond acceptors (Lipinski definition) is 3. The number of aromatic amines is 1. The van der Waals surface area contributed by atoms with E-state index in [4.69, 9.17) is 0 Å². The normalized spacial score (nSPS) is 22.6. The Hall–Kier alpha value is -1.16. The number of nitrogens with zero attached hydrogens (tertiary/aromatic N) is 1. The van der Waals surface area contributed by atoms with Crippen LogP contribution in [0.1, 0.15) is 32.4 Å². The largest absolute Gasteiger partial charge is 0.347 e. The quantitative estimate of drug-likeness (QED) is 0.787. The minimum atomic E-state index is 0.400. The summed E-state index contributed by atoms with van der Waals surface area (Å²) < 4.78 is 0. The van der Waals surface area contributed by atoms with Gasteiger partial charge in [0.1, 0.15) is 6.29 Å². The minimum Gasteiger partial charge on any atom is -0.347 e. The Balaban J connectivity index is 0.000000171. The van der Waals surface area contributed by atoms with Crippen LogP contribution in [0.3, 0.4) is 0 Å². The van der Waals surface area contributed by atoms with E-state index in [2.05, 4.69) is 29.1 Å². The van der Waals surface area contributed by atoms with Crippen LogP contribution < -0.4 is 5.32 Å². The highest BCUT2D eigenvalue weighted by atomic mass is 16.1. The first kappa shape index (κ1) is 13.9. The number of carbonyl (C=O) groups is 1. The Kier molecular flexibility index (Phi) is 5.91. The third kappa shape index (κ3) is 4.69. The van der Waals surface area contributed by atoms with E-state index in [-0.39, 0.29) is 0 Å². The maximum atomic E-state index is 10.2. The number of aldehydes is 1. The molecular formula is C13H23N3O. The molecule has 1 aliphatic rings. The first-order valence-corrected chi connectivity index (χ1v) is 6.24. The third-order valence-corrected chi connectivity index (χ3v) is 3.27. The molecule has 96 valence electrons. The summed E-state index contributed by atoms with van der Waals surface area (Å²) in [5, 5.41) is 3.00. The zero-order valence-corrected chi connectivity index (χ0v) is 10.9. The summed E-state index contributed by atoms with van der Waals surface area (Å²) in [5.74, 6) is 2.01. The van der Waals surface area contributed by atoms with Gasteiger partial charge in [-0.25, -0.2) is 4.98 Å². The molecule has 4 heteroatoms. The molecular weight excluding hydrogens is 214 g/mol. The summed E-state index contributed by atoms with van der Waals surface area (Å²) >= 11 is 0. The van der Waals surface area contributed by atoms with Crippen molar-refractivity contribution in [3.05, 3.63) is 18.2 Å². The van der Waals surface area contributed by atoms with E-state index in [1.54, 1.807) is 12.5 Å². The van der Waals surface area contributed by atoms with Crippen molar-refractivity contribution < 1.29 is 4.79 Å². The van der Waals surface area contributed by atoms with Crippen molar-refractivity contribution in [3.63, 3.8) is 0 Å². The molecule has 17 heavy (non-hydrogen) atoms. The van der Waals surface area contributed by atoms with Crippen LogP contribution in [-0.4, -0.2) is 23.3 Å². The summed E-state index contributed by atoms with van der Waals surface area (Å²) in [7, 11) is 1.90. The smallest absolute Gasteiger partial charge is 0.123 e. The van der Waals surface area contributed by atoms with Crippen LogP contribution in [0.4, 0.5) is 0 Å². The van der Waals surface area contributed by atoms with Crippen LogP contribution in [-0.2, 0) is 11.3 Å². The maximum Gasteiger partial charge on any atom is 0.123 e. The fraction of sp³-hybridized carbons (Fsp3) is 0.692. The van der Waals surface area contributed by atoms with E-state index < -0.39 is 0 Å². The molecule has 0 bridgehead atoms. The lowest BCUT2D eigenvalue weighted by Gasteiger charge is -2.34. The van der Waals surface area contributed by atoms with Crippen molar-refractivity contribution in [2.24, 2.45) is 17.8 Å². The molecule has 0 unspecified atom stereocenters. The van der Waals surface area contributed by atoms with Gasteiger partial charge in [-0.1, -0.05) is 13.8 Å². The maximum absolute atomic E-state index is 10.2. The molecule has 0 aliphatic heterocycles. The molecule has 1 aromatic rings. The zero-order chi connectivity index (χ0) is 12.7. The molecule has 0 amide bonds. The molecule has 2 rings (SSSR count). The lowest BCUT2D eigenvalue weighted by molar-refractivity contribution is -0.115. The fourth-order valence-electron chi connectivity index (χ4n) is 1.94. The van der Waals surface area contributed by atoms with Crippen LogP contribution in [0.2, 0.25) is 0 Å². The van der Waals surface area contributed by atoms with Crippen molar-refractivity contribution in [2.75, 3.05) is 7.05 Å². The van der Waals surface area contributed by atoms with Crippen molar-refractivity contribution in [2.45, 2.75) is 33.2 Å². The second-order valence-electron chi connectivity index (χ2n) is 4.98. The number of carbonyl (C=O) groups excluding carboxylic acids is 1. The minimum absolute atomic E-state index is 0.400. The Morgan fingerprint density at radius 3 is 2.71 bits per heavy atom. The molecule has 1 heterocycles. The first-order chi connectivity index (χ1) is 8.17. The highest BCUT2D eigenvalue weighted by Crippen LogP contribution is 2.37. The standard InChI is InChI=1S/C8H14O.C5H9N3/c1-6(2)8-3-7(4-8)5-9;1-6-2-5-3-7-4-8-5/h5-8H,3-4H2,1-2H3;3-4,6H,2H2,1H3,(H,7,8). The summed E-state index contributed by atoms with van der Waals surface area (Å²) in [6, 6.07) is 0. The number of aromatic nitrogens is 2. The number of imidazole rings is 1. The Morgan fingerprint density at radius 1 is 1.59 bits per heavy atom. The predicted molar refractivity (Wildman–Crippen MR) is 68.5 cm³/mol. The van der Waals surface area contributed by atoms with Crippen molar-refractivity contribution >= 4 is 6.29 Å². The van der Waals surface area contributed by atoms with Gasteiger partial charge in [-0.15, -0.1) is 0 Å². The second-order valence-corrected chi connectivity index (χ2v) is 4.98. The topological polar surface area (TPSA) is 57.8 Å². The van der Waals surface area contributed by atoms with Crippen molar-refractivity contribution in [1.29, 1.82) is 0 Å². The third-order valence-electron chi connectivity index (χ3n) is 3.27. The molecule has 1 saturated carbocycles. The SMILES string of the molecule is CC(C)C1CC(C=O)C1.CNCc1cnc[nH]1. The predicted octanol–water partition coefficient (Wildman–Crippen LogP) is 2.00. The van der Waals surface area contributed by atoms with Gasteiger partial charge in [0.05, 0.1) is 6.33 Å². The molecule has 0 spiro atoms. The highest BCUT2D eigenvalue weighted by Gasteiger charge is 2.30. The van der Waals surface area contributed by atoms with Crippen LogP contribution >= 0.6 is 0 Å². The first-order valence-electron chi connectivity index (χ1n) is 6.24. The number of nitrogens with one attached hydrogen (secondary N) is 2. The van der Waals surface area contributed by atoms with E-state index in [0.717, 1.165) is 43.2 Å². The molecule has 2 N–H and O–H groups in total. The summed E-state index contributed by atoms with van der Waals surface area (Å²) in [4.78, 5) is 17.0. The number of hydrogen-bond donors (Lipinski definition) is 2. The zero-order valence-electron chi connectivity index (χ0n) is 10.9. The average molecular weight is 237 g/mol. The molecule has 0 aromatic carbocycles. The number of H-pyrrole nitrogens is 1. The molecule has 0 atom stereocenters. The van der Waals surface area contributed by atoms with E-state index in [0.29, 0.717) is 5.92 Å². The molecule has 4 nitrogen and oxygen atoms in total. The highest BCUT2D eigenvalue weighted by molar-refractivity contribution is 5.54. The van der Waals surface area contributed by atoms with Gasteiger partial charge in [0.2, 0.25) is 0 Å². The van der Waals surface area contributed by atoms with Crippen LogP contribution in [0.25, 0.3) is 0 Å². The molecule has 0 radical (unpaired) electrons. The second kappa shape index (κ2) is 7.22. The van der Waals surface area contributed by atoms with Gasteiger partial charge in [-0.05, 0) is 31.7 Å². The molecule has 1 aliphatic carbocycles. The Labute approximate surface area is 103 Å². The van der Waals surface area contributed by atoms with Gasteiger partial charge in [-0.2, -0.15) is 0 Å². The summed E-state index contributed by atoms with van der Waals surface area (Å²) in [5.41, 5.74) is 1.12. The van der Waals surface area contributed by atoms with Crippen molar-refractivity contribution in [1.82, 2.24) is 15.3 Å². The average Bonchev–Trinajstić information content (AvgIpc) is 2.70. The van der Waals surface area contributed by atoms with E-state index in [1.165, 1.54) is 0 Å². The Bertz CT molecular complexity index is 302. The molecule has 1 aromatic heterocycles. The van der Waals surface area contributed by atoms with Gasteiger partial charge < -0.3 is 15.1 Å². The van der Waals surface area contributed by atoms with Crippen molar-refractivity contribution in [3.8, 4) is 0 Å².